The van der Waals surface area contributed by atoms with Gasteiger partial charge in [-0.2, -0.15) is 0 Å². The molecule has 2 rings (SSSR count). The molecule has 0 unspecified atom stereocenters. The first kappa shape index (κ1) is 18.2. The quantitative estimate of drug-likeness (QED) is 0.571. The van der Waals surface area contributed by atoms with Crippen LogP contribution in [0.4, 0.5) is 0 Å². The van der Waals surface area contributed by atoms with Crippen molar-refractivity contribution in [3.05, 3.63) is 29.8 Å². The second-order valence-corrected chi connectivity index (χ2v) is 6.26. The number of amides is 2. The third kappa shape index (κ3) is 5.81. The molecule has 1 aliphatic carbocycles. The van der Waals surface area contributed by atoms with Crippen LogP contribution in [0.2, 0.25) is 0 Å². The monoisotopic (exact) mass is 349 g/mol. The van der Waals surface area contributed by atoms with Crippen LogP contribution in [-0.2, 0) is 16.0 Å². The lowest BCUT2D eigenvalue weighted by molar-refractivity contribution is -0.125. The first-order valence-corrected chi connectivity index (χ1v) is 8.52. The Hall–Kier alpha value is -2.15. The summed E-state index contributed by atoms with van der Waals surface area (Å²) in [5.41, 5.74) is 5.92. The highest BCUT2D eigenvalue weighted by Gasteiger charge is 2.21. The largest absolute Gasteiger partial charge is 0.497 e. The number of carbonyl (C=O) groups excluding carboxylic acids is 2. The van der Waals surface area contributed by atoms with Crippen molar-refractivity contribution in [3.63, 3.8) is 0 Å². The highest BCUT2D eigenvalue weighted by atomic mass is 32.1. The second kappa shape index (κ2) is 9.22. The molecule has 1 aromatic rings. The number of ether oxygens (including phenoxy) is 1. The summed E-state index contributed by atoms with van der Waals surface area (Å²) in [7, 11) is 1.59. The molecule has 0 spiro atoms. The Morgan fingerprint density at radius 2 is 1.79 bits per heavy atom. The molecule has 0 saturated heterocycles. The Kier molecular flexibility index (Phi) is 6.99. The number of carbonyl (C=O) groups is 2. The maximum Gasteiger partial charge on any atom is 0.242 e. The van der Waals surface area contributed by atoms with Crippen molar-refractivity contribution < 1.29 is 14.3 Å². The van der Waals surface area contributed by atoms with Gasteiger partial charge in [0.25, 0.3) is 0 Å². The average Bonchev–Trinajstić information content (AvgIpc) is 2.61. The molecule has 3 N–H and O–H groups in total. The lowest BCUT2D eigenvalue weighted by Crippen LogP contribution is -2.50. The molecule has 1 aromatic carbocycles. The maximum absolute atomic E-state index is 12.0. The summed E-state index contributed by atoms with van der Waals surface area (Å²) in [6.07, 6.45) is 5.36. The number of thiocarbonyl (C=S) groups is 1. The van der Waals surface area contributed by atoms with Crippen LogP contribution in [0.15, 0.2) is 24.3 Å². The number of methoxy groups -OCH3 is 1. The van der Waals surface area contributed by atoms with Gasteiger partial charge in [0.05, 0.1) is 13.5 Å². The number of nitrogens with one attached hydrogen (secondary N) is 3. The second-order valence-electron chi connectivity index (χ2n) is 5.85. The van der Waals surface area contributed by atoms with E-state index in [4.69, 9.17) is 17.0 Å². The van der Waals surface area contributed by atoms with Gasteiger partial charge >= 0.3 is 0 Å². The van der Waals surface area contributed by atoms with E-state index >= 15 is 0 Å². The third-order valence-corrected chi connectivity index (χ3v) is 4.26. The van der Waals surface area contributed by atoms with Crippen molar-refractivity contribution in [1.82, 2.24) is 16.2 Å². The molecule has 0 radical (unpaired) electrons. The molecule has 130 valence electrons. The number of rotatable bonds is 4. The SMILES string of the molecule is COc1ccc(CC(=O)NNC(=S)NC(=O)C2CCCCC2)cc1. The van der Waals surface area contributed by atoms with E-state index in [2.05, 4.69) is 16.2 Å². The van der Waals surface area contributed by atoms with Crippen LogP contribution in [0.25, 0.3) is 0 Å². The van der Waals surface area contributed by atoms with Gasteiger partial charge in [-0.05, 0) is 42.8 Å². The van der Waals surface area contributed by atoms with Crippen LogP contribution < -0.4 is 20.9 Å². The molecule has 1 saturated carbocycles. The van der Waals surface area contributed by atoms with Crippen molar-refractivity contribution >= 4 is 29.1 Å². The van der Waals surface area contributed by atoms with Gasteiger partial charge in [-0.15, -0.1) is 0 Å². The van der Waals surface area contributed by atoms with Gasteiger partial charge in [-0.3, -0.25) is 20.4 Å². The Labute approximate surface area is 147 Å². The molecule has 6 nitrogen and oxygen atoms in total. The van der Waals surface area contributed by atoms with Gasteiger partial charge in [-0.25, -0.2) is 0 Å². The van der Waals surface area contributed by atoms with Gasteiger partial charge in [0.2, 0.25) is 11.8 Å². The standard InChI is InChI=1S/C17H23N3O3S/c1-23-14-9-7-12(8-10-14)11-15(21)19-20-17(24)18-16(22)13-5-3-2-4-6-13/h7-10,13H,2-6,11H2,1H3,(H,19,21)(H2,18,20,22,24). The zero-order valence-electron chi connectivity index (χ0n) is 13.8. The Morgan fingerprint density at radius 1 is 1.12 bits per heavy atom. The highest BCUT2D eigenvalue weighted by Crippen LogP contribution is 2.23. The summed E-state index contributed by atoms with van der Waals surface area (Å²) in [4.78, 5) is 23.9. The zero-order chi connectivity index (χ0) is 17.4. The van der Waals surface area contributed by atoms with Crippen molar-refractivity contribution in [2.45, 2.75) is 38.5 Å². The van der Waals surface area contributed by atoms with Gasteiger partial charge in [-0.1, -0.05) is 31.4 Å². The topological polar surface area (TPSA) is 79.5 Å². The summed E-state index contributed by atoms with van der Waals surface area (Å²) in [6.45, 7) is 0. The number of hydrogen-bond donors (Lipinski definition) is 3. The van der Waals surface area contributed by atoms with E-state index in [-0.39, 0.29) is 29.3 Å². The van der Waals surface area contributed by atoms with Crippen molar-refractivity contribution in [1.29, 1.82) is 0 Å². The number of benzene rings is 1. The number of hydrazine groups is 1. The molecule has 0 aromatic heterocycles. The van der Waals surface area contributed by atoms with E-state index in [9.17, 15) is 9.59 Å². The molecule has 0 bridgehead atoms. The molecular weight excluding hydrogens is 326 g/mol. The summed E-state index contributed by atoms with van der Waals surface area (Å²) in [6, 6.07) is 7.24. The normalized spacial score (nSPS) is 14.5. The van der Waals surface area contributed by atoms with Crippen LogP contribution in [0.3, 0.4) is 0 Å². The molecule has 24 heavy (non-hydrogen) atoms. The predicted octanol–water partition coefficient (Wildman–Crippen LogP) is 1.84. The lowest BCUT2D eigenvalue weighted by Gasteiger charge is -2.21. The average molecular weight is 349 g/mol. The van der Waals surface area contributed by atoms with Crippen molar-refractivity contribution in [3.8, 4) is 5.75 Å². The van der Waals surface area contributed by atoms with Crippen LogP contribution >= 0.6 is 12.2 Å². The van der Waals surface area contributed by atoms with Crippen LogP contribution in [0.1, 0.15) is 37.7 Å². The summed E-state index contributed by atoms with van der Waals surface area (Å²) in [5.74, 6) is 0.448. The number of hydrogen-bond acceptors (Lipinski definition) is 4. The molecule has 1 fully saturated rings. The van der Waals surface area contributed by atoms with E-state index < -0.39 is 0 Å². The minimum atomic E-state index is -0.241. The Balaban J connectivity index is 1.70. The van der Waals surface area contributed by atoms with Gasteiger partial charge < -0.3 is 10.1 Å². The molecule has 0 atom stereocenters. The smallest absolute Gasteiger partial charge is 0.242 e. The van der Waals surface area contributed by atoms with Crippen molar-refractivity contribution in [2.24, 2.45) is 5.92 Å². The van der Waals surface area contributed by atoms with E-state index in [0.29, 0.717) is 0 Å². The molecule has 7 heteroatoms. The first-order chi connectivity index (χ1) is 11.6. The fourth-order valence-electron chi connectivity index (χ4n) is 2.71. The van der Waals surface area contributed by atoms with Gasteiger partial charge in [0.15, 0.2) is 5.11 Å². The molecule has 1 aliphatic rings. The Morgan fingerprint density at radius 3 is 2.42 bits per heavy atom. The van der Waals surface area contributed by atoms with E-state index in [1.54, 1.807) is 19.2 Å². The molecule has 0 aliphatic heterocycles. The lowest BCUT2D eigenvalue weighted by atomic mass is 9.89. The van der Waals surface area contributed by atoms with Gasteiger partial charge in [0, 0.05) is 5.92 Å². The summed E-state index contributed by atoms with van der Waals surface area (Å²) >= 11 is 5.04. The maximum atomic E-state index is 12.0. The minimum absolute atomic E-state index is 0.0218. The minimum Gasteiger partial charge on any atom is -0.497 e. The predicted molar refractivity (Wildman–Crippen MR) is 95.3 cm³/mol. The van der Waals surface area contributed by atoms with Crippen LogP contribution in [0.5, 0.6) is 5.75 Å². The van der Waals surface area contributed by atoms with Crippen LogP contribution in [-0.4, -0.2) is 24.0 Å². The summed E-state index contributed by atoms with van der Waals surface area (Å²) in [5, 5.41) is 2.75. The van der Waals surface area contributed by atoms with E-state index in [1.807, 2.05) is 12.1 Å². The first-order valence-electron chi connectivity index (χ1n) is 8.11. The molecule has 0 heterocycles. The Bertz CT molecular complexity index is 583. The fourth-order valence-corrected chi connectivity index (χ4v) is 2.86. The molecule has 2 amide bonds. The van der Waals surface area contributed by atoms with Crippen LogP contribution in [0, 0.1) is 5.92 Å². The molecular formula is C17H23N3O3S. The van der Waals surface area contributed by atoms with Gasteiger partial charge in [0.1, 0.15) is 5.75 Å². The van der Waals surface area contributed by atoms with E-state index in [0.717, 1.165) is 37.0 Å². The summed E-state index contributed by atoms with van der Waals surface area (Å²) < 4.78 is 5.07. The van der Waals surface area contributed by atoms with Crippen molar-refractivity contribution in [2.75, 3.05) is 7.11 Å². The highest BCUT2D eigenvalue weighted by molar-refractivity contribution is 7.80. The third-order valence-electron chi connectivity index (χ3n) is 4.05. The zero-order valence-corrected chi connectivity index (χ0v) is 14.6. The fraction of sp³-hybridized carbons (Fsp3) is 0.471. The van der Waals surface area contributed by atoms with E-state index in [1.165, 1.54) is 6.42 Å².